The molecule has 5 heteroatoms. The van der Waals surface area contributed by atoms with Gasteiger partial charge in [0.2, 0.25) is 0 Å². The molecule has 1 aromatic heterocycles. The minimum Gasteiger partial charge on any atom is -0.476 e. The number of benzene rings is 1. The number of nitrogens with zero attached hydrogens (tertiary/aromatic N) is 2. The highest BCUT2D eigenvalue weighted by atomic mass is 35.5. The molecule has 4 nitrogen and oxygen atoms in total. The number of carboxylic acid groups (broad SMARTS) is 1. The van der Waals surface area contributed by atoms with Crippen LogP contribution in [0.1, 0.15) is 16.2 Å². The fraction of sp³-hybridized carbons (Fsp3) is 0.0909. The molecule has 2 aromatic rings. The molecule has 0 aliphatic rings. The van der Waals surface area contributed by atoms with Crippen LogP contribution < -0.4 is 0 Å². The third-order valence-electron chi connectivity index (χ3n) is 2.19. The molecule has 0 saturated heterocycles. The van der Waals surface area contributed by atoms with Crippen molar-refractivity contribution in [2.45, 2.75) is 6.92 Å². The summed E-state index contributed by atoms with van der Waals surface area (Å²) in [6.07, 6.45) is 0. The standard InChI is InChI=1S/C11H9ClN2O2/c1-7-6-9(11(15)16)13-14(7)10-5-3-2-4-8(10)12/h2-6H,1H3,(H,15,16). The average Bonchev–Trinajstić information content (AvgIpc) is 2.61. The molecular weight excluding hydrogens is 228 g/mol. The highest BCUT2D eigenvalue weighted by Crippen LogP contribution is 2.21. The highest BCUT2D eigenvalue weighted by Gasteiger charge is 2.12. The van der Waals surface area contributed by atoms with Crippen LogP contribution in [0.5, 0.6) is 0 Å². The summed E-state index contributed by atoms with van der Waals surface area (Å²) in [4.78, 5) is 10.8. The molecule has 1 heterocycles. The van der Waals surface area contributed by atoms with Gasteiger partial charge >= 0.3 is 5.97 Å². The molecule has 0 fully saturated rings. The summed E-state index contributed by atoms with van der Waals surface area (Å²) in [5.41, 5.74) is 1.41. The fourth-order valence-corrected chi connectivity index (χ4v) is 1.66. The Morgan fingerprint density at radius 1 is 1.44 bits per heavy atom. The van der Waals surface area contributed by atoms with Crippen LogP contribution in [-0.4, -0.2) is 20.9 Å². The Balaban J connectivity index is 2.57. The minimum absolute atomic E-state index is 0.0115. The van der Waals surface area contributed by atoms with E-state index in [1.165, 1.54) is 10.7 Å². The predicted octanol–water partition coefficient (Wildman–Crippen LogP) is 2.53. The van der Waals surface area contributed by atoms with Gasteiger partial charge in [0.05, 0.1) is 10.7 Å². The first-order valence-corrected chi connectivity index (χ1v) is 5.02. The molecule has 0 unspecified atom stereocenters. The van der Waals surface area contributed by atoms with Crippen LogP contribution in [-0.2, 0) is 0 Å². The van der Waals surface area contributed by atoms with Crippen LogP contribution in [0, 0.1) is 6.92 Å². The molecule has 1 aromatic carbocycles. The Morgan fingerprint density at radius 3 is 2.69 bits per heavy atom. The second-order valence-corrected chi connectivity index (χ2v) is 3.75. The van der Waals surface area contributed by atoms with Gasteiger partial charge in [-0.25, -0.2) is 9.48 Å². The lowest BCUT2D eigenvalue weighted by molar-refractivity contribution is 0.0690. The summed E-state index contributed by atoms with van der Waals surface area (Å²) in [7, 11) is 0. The Morgan fingerprint density at radius 2 is 2.12 bits per heavy atom. The second kappa shape index (κ2) is 3.98. The minimum atomic E-state index is -1.05. The van der Waals surface area contributed by atoms with E-state index >= 15 is 0 Å². The molecule has 1 N–H and O–H groups in total. The molecule has 82 valence electrons. The van der Waals surface area contributed by atoms with Gasteiger partial charge in [-0.3, -0.25) is 0 Å². The van der Waals surface area contributed by atoms with E-state index in [1.54, 1.807) is 19.1 Å². The van der Waals surface area contributed by atoms with Gasteiger partial charge in [-0.2, -0.15) is 5.10 Å². The molecule has 0 aliphatic carbocycles. The number of rotatable bonds is 2. The first-order chi connectivity index (χ1) is 7.59. The smallest absolute Gasteiger partial charge is 0.356 e. The fourth-order valence-electron chi connectivity index (χ4n) is 1.45. The number of para-hydroxylation sites is 1. The number of hydrogen-bond donors (Lipinski definition) is 1. The van der Waals surface area contributed by atoms with Gasteiger partial charge in [0, 0.05) is 5.69 Å². The third kappa shape index (κ3) is 1.79. The summed E-state index contributed by atoms with van der Waals surface area (Å²) in [6, 6.07) is 8.66. The first kappa shape index (κ1) is 10.7. The molecule has 2 rings (SSSR count). The lowest BCUT2D eigenvalue weighted by Crippen LogP contribution is -2.02. The Kier molecular flexibility index (Phi) is 2.66. The maximum atomic E-state index is 10.8. The van der Waals surface area contributed by atoms with Crippen LogP contribution in [0.15, 0.2) is 30.3 Å². The zero-order valence-corrected chi connectivity index (χ0v) is 9.27. The zero-order valence-electron chi connectivity index (χ0n) is 8.51. The molecule has 0 radical (unpaired) electrons. The van der Waals surface area contributed by atoms with Crippen LogP contribution in [0.2, 0.25) is 5.02 Å². The number of carboxylic acids is 1. The van der Waals surface area contributed by atoms with Crippen molar-refractivity contribution in [1.82, 2.24) is 9.78 Å². The largest absolute Gasteiger partial charge is 0.476 e. The van der Waals surface area contributed by atoms with Crippen LogP contribution in [0.4, 0.5) is 0 Å². The van der Waals surface area contributed by atoms with Crippen molar-refractivity contribution in [2.24, 2.45) is 0 Å². The van der Waals surface area contributed by atoms with Crippen LogP contribution >= 0.6 is 11.6 Å². The van der Waals surface area contributed by atoms with Crippen LogP contribution in [0.3, 0.4) is 0 Å². The lowest BCUT2D eigenvalue weighted by Gasteiger charge is -2.05. The van der Waals surface area contributed by atoms with E-state index in [9.17, 15) is 4.79 Å². The second-order valence-electron chi connectivity index (χ2n) is 3.34. The van der Waals surface area contributed by atoms with E-state index in [0.29, 0.717) is 10.7 Å². The van der Waals surface area contributed by atoms with Gasteiger partial charge in [0.15, 0.2) is 5.69 Å². The Bertz CT molecular complexity index is 549. The number of aryl methyl sites for hydroxylation is 1. The third-order valence-corrected chi connectivity index (χ3v) is 2.51. The van der Waals surface area contributed by atoms with E-state index in [1.807, 2.05) is 12.1 Å². The molecule has 16 heavy (non-hydrogen) atoms. The molecular formula is C11H9ClN2O2. The van der Waals surface area contributed by atoms with Crippen LogP contribution in [0.25, 0.3) is 5.69 Å². The maximum Gasteiger partial charge on any atom is 0.356 e. The first-order valence-electron chi connectivity index (χ1n) is 4.64. The van der Waals surface area contributed by atoms with Crippen molar-refractivity contribution in [3.05, 3.63) is 46.7 Å². The topological polar surface area (TPSA) is 55.1 Å². The summed E-state index contributed by atoms with van der Waals surface area (Å²) in [5, 5.41) is 13.3. The lowest BCUT2D eigenvalue weighted by atomic mass is 10.3. The van der Waals surface area contributed by atoms with Gasteiger partial charge in [-0.15, -0.1) is 0 Å². The molecule has 0 atom stereocenters. The van der Waals surface area contributed by atoms with Gasteiger partial charge in [0.25, 0.3) is 0 Å². The number of halogens is 1. The van der Waals surface area contributed by atoms with E-state index in [0.717, 1.165) is 5.69 Å². The number of aromatic carboxylic acids is 1. The van der Waals surface area contributed by atoms with E-state index in [2.05, 4.69) is 5.10 Å². The van der Waals surface area contributed by atoms with Crippen molar-refractivity contribution in [2.75, 3.05) is 0 Å². The number of hydrogen-bond acceptors (Lipinski definition) is 2. The average molecular weight is 237 g/mol. The molecule has 0 aliphatic heterocycles. The molecule has 0 bridgehead atoms. The van der Waals surface area contributed by atoms with Gasteiger partial charge in [0.1, 0.15) is 0 Å². The maximum absolute atomic E-state index is 10.8. The van der Waals surface area contributed by atoms with E-state index < -0.39 is 5.97 Å². The molecule has 0 amide bonds. The van der Waals surface area contributed by atoms with Crippen molar-refractivity contribution >= 4 is 17.6 Å². The molecule has 0 spiro atoms. The van der Waals surface area contributed by atoms with Gasteiger partial charge < -0.3 is 5.11 Å². The summed E-state index contributed by atoms with van der Waals surface area (Å²) < 4.78 is 1.52. The Hall–Kier alpha value is -1.81. The summed E-state index contributed by atoms with van der Waals surface area (Å²) in [5.74, 6) is -1.05. The number of carbonyl (C=O) groups is 1. The SMILES string of the molecule is Cc1cc(C(=O)O)nn1-c1ccccc1Cl. The monoisotopic (exact) mass is 236 g/mol. The Labute approximate surface area is 97.1 Å². The van der Waals surface area contributed by atoms with Crippen molar-refractivity contribution in [3.63, 3.8) is 0 Å². The van der Waals surface area contributed by atoms with Crippen molar-refractivity contribution in [1.29, 1.82) is 0 Å². The quantitative estimate of drug-likeness (QED) is 0.872. The van der Waals surface area contributed by atoms with Crippen molar-refractivity contribution in [3.8, 4) is 5.69 Å². The number of aromatic nitrogens is 2. The van der Waals surface area contributed by atoms with E-state index in [4.69, 9.17) is 16.7 Å². The van der Waals surface area contributed by atoms with E-state index in [-0.39, 0.29) is 5.69 Å². The van der Waals surface area contributed by atoms with Gasteiger partial charge in [-0.1, -0.05) is 23.7 Å². The molecule has 0 saturated carbocycles. The van der Waals surface area contributed by atoms with Crippen molar-refractivity contribution < 1.29 is 9.90 Å². The normalized spacial score (nSPS) is 10.4. The predicted molar refractivity (Wildman–Crippen MR) is 60.3 cm³/mol. The summed E-state index contributed by atoms with van der Waals surface area (Å²) >= 11 is 6.01. The highest BCUT2D eigenvalue weighted by molar-refractivity contribution is 6.32. The zero-order chi connectivity index (χ0) is 11.7. The van der Waals surface area contributed by atoms with Gasteiger partial charge in [-0.05, 0) is 25.1 Å². The summed E-state index contributed by atoms with van der Waals surface area (Å²) in [6.45, 7) is 1.78.